The number of rotatable bonds is 5. The van der Waals surface area contributed by atoms with Crippen molar-refractivity contribution in [2.24, 2.45) is 4.99 Å². The van der Waals surface area contributed by atoms with E-state index < -0.39 is 0 Å². The van der Waals surface area contributed by atoms with Gasteiger partial charge in [-0.2, -0.15) is 0 Å². The molecule has 0 unspecified atom stereocenters. The average Bonchev–Trinajstić information content (AvgIpc) is 2.37. The molecule has 0 saturated carbocycles. The molecule has 0 aromatic heterocycles. The Morgan fingerprint density at radius 3 is 2.38 bits per heavy atom. The molecule has 0 atom stereocenters. The molecule has 0 spiro atoms. The fourth-order valence-electron chi connectivity index (χ4n) is 1.53. The van der Waals surface area contributed by atoms with Crippen molar-refractivity contribution < 1.29 is 4.39 Å². The van der Waals surface area contributed by atoms with Crippen LogP contribution < -0.4 is 10.6 Å². The van der Waals surface area contributed by atoms with Gasteiger partial charge in [-0.25, -0.2) is 4.39 Å². The summed E-state index contributed by atoms with van der Waals surface area (Å²) in [4.78, 5) is 5.29. The van der Waals surface area contributed by atoms with Gasteiger partial charge in [0.05, 0.1) is 0 Å². The highest BCUT2D eigenvalue weighted by Crippen LogP contribution is 2.18. The third kappa shape index (κ3) is 9.95. The van der Waals surface area contributed by atoms with Gasteiger partial charge in [0.1, 0.15) is 5.82 Å². The van der Waals surface area contributed by atoms with E-state index >= 15 is 0 Å². The van der Waals surface area contributed by atoms with Crippen molar-refractivity contribution in [3.05, 3.63) is 30.1 Å². The normalized spacial score (nSPS) is 11.8. The predicted molar refractivity (Wildman–Crippen MR) is 101 cm³/mol. The smallest absolute Gasteiger partial charge is 0.191 e. The maximum absolute atomic E-state index is 12.8. The Morgan fingerprint density at radius 2 is 1.86 bits per heavy atom. The van der Waals surface area contributed by atoms with Gasteiger partial charge in [-0.15, -0.1) is 35.7 Å². The summed E-state index contributed by atoms with van der Waals surface area (Å²) in [6, 6.07) is 6.62. The number of halogens is 2. The molecule has 0 saturated heterocycles. The molecular formula is C15H25FIN3S. The first kappa shape index (κ1) is 20.5. The minimum atomic E-state index is -0.187. The molecule has 0 heterocycles. The molecule has 0 aliphatic heterocycles. The van der Waals surface area contributed by atoms with Gasteiger partial charge in [-0.05, 0) is 57.2 Å². The van der Waals surface area contributed by atoms with E-state index in [2.05, 4.69) is 36.4 Å². The summed E-state index contributed by atoms with van der Waals surface area (Å²) in [6.45, 7) is 7.17. The van der Waals surface area contributed by atoms with E-state index in [-0.39, 0.29) is 35.3 Å². The molecule has 21 heavy (non-hydrogen) atoms. The lowest BCUT2D eigenvalue weighted by Crippen LogP contribution is -2.47. The monoisotopic (exact) mass is 425 g/mol. The molecule has 0 radical (unpaired) electrons. The number of hydrogen-bond donors (Lipinski definition) is 2. The zero-order chi connectivity index (χ0) is 15.0. The molecule has 0 aliphatic rings. The fourth-order valence-corrected chi connectivity index (χ4v) is 2.39. The third-order valence-electron chi connectivity index (χ3n) is 2.41. The van der Waals surface area contributed by atoms with Crippen molar-refractivity contribution in [2.45, 2.75) is 37.6 Å². The van der Waals surface area contributed by atoms with Crippen LogP contribution in [-0.4, -0.2) is 30.8 Å². The SMILES string of the molecule is CN=C(NCCCSc1ccc(F)cc1)NC(C)(C)C.I. The van der Waals surface area contributed by atoms with Crippen LogP contribution in [0.1, 0.15) is 27.2 Å². The van der Waals surface area contributed by atoms with Crippen molar-refractivity contribution in [3.63, 3.8) is 0 Å². The van der Waals surface area contributed by atoms with E-state index in [4.69, 9.17) is 0 Å². The number of benzene rings is 1. The van der Waals surface area contributed by atoms with Gasteiger partial charge in [-0.1, -0.05) is 0 Å². The molecule has 0 aliphatic carbocycles. The van der Waals surface area contributed by atoms with Crippen LogP contribution in [0.5, 0.6) is 0 Å². The quantitative estimate of drug-likeness (QED) is 0.247. The van der Waals surface area contributed by atoms with Crippen molar-refractivity contribution >= 4 is 41.7 Å². The number of nitrogens with zero attached hydrogens (tertiary/aromatic N) is 1. The summed E-state index contributed by atoms with van der Waals surface area (Å²) < 4.78 is 12.8. The Balaban J connectivity index is 0.00000400. The second kappa shape index (κ2) is 10.3. The van der Waals surface area contributed by atoms with Gasteiger partial charge in [0.25, 0.3) is 0 Å². The Labute approximate surface area is 148 Å². The second-order valence-corrected chi connectivity index (χ2v) is 6.70. The maximum Gasteiger partial charge on any atom is 0.191 e. The molecule has 1 aromatic rings. The minimum Gasteiger partial charge on any atom is -0.356 e. The molecule has 0 amide bonds. The van der Waals surface area contributed by atoms with Crippen LogP contribution in [0, 0.1) is 5.82 Å². The minimum absolute atomic E-state index is 0. The van der Waals surface area contributed by atoms with E-state index in [0.29, 0.717) is 0 Å². The first-order chi connectivity index (χ1) is 9.40. The lowest BCUT2D eigenvalue weighted by Gasteiger charge is -2.23. The van der Waals surface area contributed by atoms with E-state index in [1.54, 1.807) is 18.8 Å². The standard InChI is InChI=1S/C15H24FN3S.HI/c1-15(2,3)19-14(17-4)18-10-5-11-20-13-8-6-12(16)7-9-13;/h6-9H,5,10-11H2,1-4H3,(H2,17,18,19);1H. The van der Waals surface area contributed by atoms with Gasteiger partial charge in [0.2, 0.25) is 0 Å². The van der Waals surface area contributed by atoms with Crippen LogP contribution in [0.2, 0.25) is 0 Å². The number of guanidine groups is 1. The first-order valence-corrected chi connectivity index (χ1v) is 7.76. The second-order valence-electron chi connectivity index (χ2n) is 5.53. The largest absolute Gasteiger partial charge is 0.356 e. The Hall–Kier alpha value is -0.500. The summed E-state index contributed by atoms with van der Waals surface area (Å²) in [5.41, 5.74) is 0.00467. The van der Waals surface area contributed by atoms with Crippen molar-refractivity contribution in [3.8, 4) is 0 Å². The van der Waals surface area contributed by atoms with E-state index in [0.717, 1.165) is 29.6 Å². The summed E-state index contributed by atoms with van der Waals surface area (Å²) in [7, 11) is 1.77. The van der Waals surface area contributed by atoms with E-state index in [1.165, 1.54) is 12.1 Å². The summed E-state index contributed by atoms with van der Waals surface area (Å²) in [5.74, 6) is 1.63. The van der Waals surface area contributed by atoms with Gasteiger partial charge in [0.15, 0.2) is 5.96 Å². The van der Waals surface area contributed by atoms with Gasteiger partial charge in [0, 0.05) is 24.0 Å². The molecule has 120 valence electrons. The molecule has 1 rings (SSSR count). The molecule has 2 N–H and O–H groups in total. The maximum atomic E-state index is 12.8. The summed E-state index contributed by atoms with van der Waals surface area (Å²) in [6.07, 6.45) is 1.02. The number of thioether (sulfide) groups is 1. The van der Waals surface area contributed by atoms with Gasteiger partial charge in [-0.3, -0.25) is 4.99 Å². The number of nitrogens with one attached hydrogen (secondary N) is 2. The Morgan fingerprint density at radius 1 is 1.24 bits per heavy atom. The zero-order valence-corrected chi connectivity index (χ0v) is 16.2. The third-order valence-corrected chi connectivity index (χ3v) is 3.51. The summed E-state index contributed by atoms with van der Waals surface area (Å²) in [5, 5.41) is 6.60. The molecule has 3 nitrogen and oxygen atoms in total. The summed E-state index contributed by atoms with van der Waals surface area (Å²) >= 11 is 1.73. The van der Waals surface area contributed by atoms with Crippen LogP contribution in [0.15, 0.2) is 34.2 Å². The number of aliphatic imine (C=N–C) groups is 1. The van der Waals surface area contributed by atoms with E-state index in [1.807, 2.05) is 12.1 Å². The Bertz CT molecular complexity index is 430. The van der Waals surface area contributed by atoms with Gasteiger partial charge < -0.3 is 10.6 Å². The van der Waals surface area contributed by atoms with Crippen molar-refractivity contribution in [2.75, 3.05) is 19.3 Å². The lowest BCUT2D eigenvalue weighted by molar-refractivity contribution is 0.501. The van der Waals surface area contributed by atoms with Crippen LogP contribution in [-0.2, 0) is 0 Å². The molecule has 1 aromatic carbocycles. The molecule has 0 fully saturated rings. The highest BCUT2D eigenvalue weighted by Gasteiger charge is 2.10. The van der Waals surface area contributed by atoms with Crippen molar-refractivity contribution in [1.29, 1.82) is 0 Å². The fraction of sp³-hybridized carbons (Fsp3) is 0.533. The van der Waals surface area contributed by atoms with Crippen LogP contribution in [0.3, 0.4) is 0 Å². The first-order valence-electron chi connectivity index (χ1n) is 6.78. The lowest BCUT2D eigenvalue weighted by atomic mass is 10.1. The zero-order valence-electron chi connectivity index (χ0n) is 13.1. The van der Waals surface area contributed by atoms with E-state index in [9.17, 15) is 4.39 Å². The molecule has 6 heteroatoms. The molecular weight excluding hydrogens is 400 g/mol. The highest BCUT2D eigenvalue weighted by molar-refractivity contribution is 14.0. The topological polar surface area (TPSA) is 36.4 Å². The van der Waals surface area contributed by atoms with Crippen LogP contribution in [0.25, 0.3) is 0 Å². The van der Waals surface area contributed by atoms with Gasteiger partial charge >= 0.3 is 0 Å². The average molecular weight is 425 g/mol. The van der Waals surface area contributed by atoms with Crippen molar-refractivity contribution in [1.82, 2.24) is 10.6 Å². The molecule has 0 bridgehead atoms. The van der Waals surface area contributed by atoms with Crippen LogP contribution >= 0.6 is 35.7 Å². The highest BCUT2D eigenvalue weighted by atomic mass is 127. The number of hydrogen-bond acceptors (Lipinski definition) is 2. The predicted octanol–water partition coefficient (Wildman–Crippen LogP) is 3.89. The van der Waals surface area contributed by atoms with Crippen LogP contribution in [0.4, 0.5) is 4.39 Å². The Kier molecular flexibility index (Phi) is 10.0.